The fourth-order valence-corrected chi connectivity index (χ4v) is 1.17. The summed E-state index contributed by atoms with van der Waals surface area (Å²) in [6, 6.07) is 0.486. The van der Waals surface area contributed by atoms with Crippen molar-refractivity contribution in [2.45, 2.75) is 46.1 Å². The molecule has 1 aromatic heterocycles. The van der Waals surface area contributed by atoms with Crippen LogP contribution in [-0.4, -0.2) is 9.78 Å². The average Bonchev–Trinajstić information content (AvgIpc) is 2.48. The topological polar surface area (TPSA) is 17.8 Å². The summed E-state index contributed by atoms with van der Waals surface area (Å²) >= 11 is 0. The number of unbranched alkanes of at least 4 members (excludes halogenated alkanes) is 1. The summed E-state index contributed by atoms with van der Waals surface area (Å²) in [7, 11) is 0. The molecule has 0 unspecified atom stereocenters. The lowest BCUT2D eigenvalue weighted by atomic mass is 10.2. The zero-order valence-corrected chi connectivity index (χ0v) is 8.25. The molecule has 0 N–H and O–H groups in total. The summed E-state index contributed by atoms with van der Waals surface area (Å²) in [4.78, 5) is 0. The van der Waals surface area contributed by atoms with Gasteiger partial charge in [-0.2, -0.15) is 5.10 Å². The van der Waals surface area contributed by atoms with Crippen molar-refractivity contribution in [3.8, 4) is 0 Å². The molecule has 0 fully saturated rings. The number of aromatic nitrogens is 2. The molecule has 0 aliphatic carbocycles. The van der Waals surface area contributed by atoms with Crippen molar-refractivity contribution < 1.29 is 0 Å². The largest absolute Gasteiger partial charge is 0.270 e. The minimum Gasteiger partial charge on any atom is -0.270 e. The summed E-state index contributed by atoms with van der Waals surface area (Å²) < 4.78 is 2.02. The van der Waals surface area contributed by atoms with Crippen molar-refractivity contribution in [3.05, 3.63) is 18.0 Å². The zero-order chi connectivity index (χ0) is 8.97. The molecule has 2 nitrogen and oxygen atoms in total. The normalized spacial score (nSPS) is 11.0. The van der Waals surface area contributed by atoms with Crippen LogP contribution in [-0.2, 0) is 6.42 Å². The van der Waals surface area contributed by atoms with Crippen molar-refractivity contribution in [2.24, 2.45) is 0 Å². The summed E-state index contributed by atoms with van der Waals surface area (Å²) in [5.41, 5.74) is 1.37. The van der Waals surface area contributed by atoms with Gasteiger partial charge in [-0.25, -0.2) is 0 Å². The Labute approximate surface area is 74.6 Å². The third-order valence-electron chi connectivity index (χ3n) is 2.00. The first-order chi connectivity index (χ1) is 5.74. The van der Waals surface area contributed by atoms with Gasteiger partial charge in [0.15, 0.2) is 0 Å². The predicted octanol–water partition coefficient (Wildman–Crippen LogP) is 2.81. The van der Waals surface area contributed by atoms with E-state index in [1.165, 1.54) is 24.8 Å². The van der Waals surface area contributed by atoms with E-state index in [0.717, 1.165) is 0 Å². The number of hydrogen-bond donors (Lipinski definition) is 0. The summed E-state index contributed by atoms with van der Waals surface area (Å²) in [6.07, 6.45) is 7.83. The van der Waals surface area contributed by atoms with Gasteiger partial charge >= 0.3 is 0 Å². The first-order valence-corrected chi connectivity index (χ1v) is 4.77. The highest BCUT2D eigenvalue weighted by Gasteiger charge is 2.00. The van der Waals surface area contributed by atoms with Crippen LogP contribution < -0.4 is 0 Å². The highest BCUT2D eigenvalue weighted by molar-refractivity contribution is 5.04. The smallest absolute Gasteiger partial charge is 0.0521 e. The number of rotatable bonds is 4. The maximum atomic E-state index is 4.29. The summed E-state index contributed by atoms with van der Waals surface area (Å²) in [6.45, 7) is 6.51. The lowest BCUT2D eigenvalue weighted by Gasteiger charge is -2.02. The Bertz CT molecular complexity index is 225. The predicted molar refractivity (Wildman–Crippen MR) is 51.2 cm³/mol. The molecule has 12 heavy (non-hydrogen) atoms. The van der Waals surface area contributed by atoms with Crippen molar-refractivity contribution in [1.29, 1.82) is 0 Å². The molecule has 1 heterocycles. The van der Waals surface area contributed by atoms with Gasteiger partial charge in [0.1, 0.15) is 0 Å². The third-order valence-corrected chi connectivity index (χ3v) is 2.00. The van der Waals surface area contributed by atoms with Gasteiger partial charge in [0.2, 0.25) is 0 Å². The fourth-order valence-electron chi connectivity index (χ4n) is 1.17. The third kappa shape index (κ3) is 2.36. The highest BCUT2D eigenvalue weighted by Crippen LogP contribution is 2.07. The second-order valence-corrected chi connectivity index (χ2v) is 3.53. The quantitative estimate of drug-likeness (QED) is 0.672. The monoisotopic (exact) mass is 166 g/mol. The van der Waals surface area contributed by atoms with Crippen molar-refractivity contribution >= 4 is 0 Å². The van der Waals surface area contributed by atoms with E-state index in [4.69, 9.17) is 0 Å². The Balaban J connectivity index is 2.52. The number of aryl methyl sites for hydroxylation is 1. The van der Waals surface area contributed by atoms with E-state index in [1.807, 2.05) is 10.9 Å². The van der Waals surface area contributed by atoms with E-state index < -0.39 is 0 Å². The molecule has 0 radical (unpaired) electrons. The lowest BCUT2D eigenvalue weighted by molar-refractivity contribution is 0.532. The summed E-state index contributed by atoms with van der Waals surface area (Å²) in [5, 5.41) is 4.29. The van der Waals surface area contributed by atoms with Gasteiger partial charge in [-0.15, -0.1) is 0 Å². The van der Waals surface area contributed by atoms with Crippen molar-refractivity contribution in [3.63, 3.8) is 0 Å². The van der Waals surface area contributed by atoms with E-state index in [2.05, 4.69) is 32.1 Å². The second kappa shape index (κ2) is 4.29. The minimum absolute atomic E-state index is 0.486. The van der Waals surface area contributed by atoms with Crippen LogP contribution in [0.1, 0.15) is 45.2 Å². The van der Waals surface area contributed by atoms with Gasteiger partial charge in [0.25, 0.3) is 0 Å². The Kier molecular flexibility index (Phi) is 3.32. The Morgan fingerprint density at radius 3 is 2.75 bits per heavy atom. The van der Waals surface area contributed by atoms with E-state index in [0.29, 0.717) is 6.04 Å². The molecule has 0 aromatic carbocycles. The van der Waals surface area contributed by atoms with Crippen LogP contribution in [0, 0.1) is 0 Å². The molecule has 0 amide bonds. The standard InChI is InChI=1S/C10H18N2/c1-4-5-6-10-7-11-12(8-10)9(2)3/h7-9H,4-6H2,1-3H3. The molecule has 0 spiro atoms. The molecule has 0 saturated heterocycles. The fraction of sp³-hybridized carbons (Fsp3) is 0.700. The molecule has 1 rings (SSSR count). The first kappa shape index (κ1) is 9.30. The maximum absolute atomic E-state index is 4.29. The van der Waals surface area contributed by atoms with Gasteiger partial charge in [0, 0.05) is 12.2 Å². The van der Waals surface area contributed by atoms with Crippen LogP contribution in [0.5, 0.6) is 0 Å². The maximum Gasteiger partial charge on any atom is 0.0521 e. The van der Waals surface area contributed by atoms with Crippen LogP contribution in [0.2, 0.25) is 0 Å². The van der Waals surface area contributed by atoms with Crippen molar-refractivity contribution in [1.82, 2.24) is 9.78 Å². The van der Waals surface area contributed by atoms with Crippen LogP contribution in [0.15, 0.2) is 12.4 Å². The molecular formula is C10H18N2. The average molecular weight is 166 g/mol. The molecular weight excluding hydrogens is 148 g/mol. The van der Waals surface area contributed by atoms with Gasteiger partial charge in [-0.3, -0.25) is 4.68 Å². The van der Waals surface area contributed by atoms with Gasteiger partial charge in [-0.05, 0) is 32.3 Å². The van der Waals surface area contributed by atoms with Crippen molar-refractivity contribution in [2.75, 3.05) is 0 Å². The van der Waals surface area contributed by atoms with Crippen LogP contribution in [0.3, 0.4) is 0 Å². The Morgan fingerprint density at radius 2 is 2.25 bits per heavy atom. The molecule has 68 valence electrons. The number of hydrogen-bond acceptors (Lipinski definition) is 1. The van der Waals surface area contributed by atoms with Crippen LogP contribution in [0.4, 0.5) is 0 Å². The minimum atomic E-state index is 0.486. The van der Waals surface area contributed by atoms with Gasteiger partial charge in [-0.1, -0.05) is 13.3 Å². The second-order valence-electron chi connectivity index (χ2n) is 3.53. The Morgan fingerprint density at radius 1 is 1.50 bits per heavy atom. The molecule has 1 aromatic rings. The Hall–Kier alpha value is -0.790. The van der Waals surface area contributed by atoms with E-state index in [9.17, 15) is 0 Å². The van der Waals surface area contributed by atoms with Crippen LogP contribution >= 0.6 is 0 Å². The lowest BCUT2D eigenvalue weighted by Crippen LogP contribution is -1.99. The van der Waals surface area contributed by atoms with Gasteiger partial charge < -0.3 is 0 Å². The molecule has 0 saturated carbocycles. The molecule has 0 aliphatic heterocycles. The van der Waals surface area contributed by atoms with E-state index >= 15 is 0 Å². The highest BCUT2D eigenvalue weighted by atomic mass is 15.3. The molecule has 0 bridgehead atoms. The molecule has 2 heteroatoms. The van der Waals surface area contributed by atoms with E-state index in [-0.39, 0.29) is 0 Å². The zero-order valence-electron chi connectivity index (χ0n) is 8.25. The number of nitrogens with zero attached hydrogens (tertiary/aromatic N) is 2. The molecule has 0 aliphatic rings. The summed E-state index contributed by atoms with van der Waals surface area (Å²) in [5.74, 6) is 0. The molecule has 0 atom stereocenters. The van der Waals surface area contributed by atoms with E-state index in [1.54, 1.807) is 0 Å². The SMILES string of the molecule is CCCCc1cnn(C(C)C)c1. The van der Waals surface area contributed by atoms with Gasteiger partial charge in [0.05, 0.1) is 6.20 Å². The van der Waals surface area contributed by atoms with Crippen LogP contribution in [0.25, 0.3) is 0 Å². The first-order valence-electron chi connectivity index (χ1n) is 4.77.